The Balaban J connectivity index is 2.73. The maximum absolute atomic E-state index is 11.2. The van der Waals surface area contributed by atoms with Crippen LogP contribution in [0, 0.1) is 0 Å². The molecule has 0 aliphatic heterocycles. The summed E-state index contributed by atoms with van der Waals surface area (Å²) in [4.78, 5) is 11.2. The second kappa shape index (κ2) is 14.3. The van der Waals surface area contributed by atoms with Crippen molar-refractivity contribution in [2.45, 2.75) is 52.5 Å². The van der Waals surface area contributed by atoms with Crippen molar-refractivity contribution in [3.63, 3.8) is 0 Å². The van der Waals surface area contributed by atoms with Gasteiger partial charge in [-0.2, -0.15) is 0 Å². The number of carbonyl (C=O) groups excluding carboxylic acids is 1. The summed E-state index contributed by atoms with van der Waals surface area (Å²) in [7, 11) is -1.39. The maximum atomic E-state index is 11.2. The molecule has 0 bridgehead atoms. The summed E-state index contributed by atoms with van der Waals surface area (Å²) in [5, 5.41) is 0. The Morgan fingerprint density at radius 1 is 0.966 bits per heavy atom. The third-order valence-corrected chi connectivity index (χ3v) is 8.05. The molecule has 1 aromatic carbocycles. The topological polar surface area (TPSA) is 63.2 Å². The van der Waals surface area contributed by atoms with Crippen LogP contribution < -0.4 is 4.74 Å². The highest BCUT2D eigenvalue weighted by atomic mass is 28.4. The lowest BCUT2D eigenvalue weighted by atomic mass is 10.2. The molecule has 7 heteroatoms. The zero-order valence-corrected chi connectivity index (χ0v) is 19.4. The number of ether oxygens (including phenoxy) is 2. The molecule has 6 nitrogen and oxygen atoms in total. The number of carbonyl (C=O) groups is 1. The maximum Gasteiger partial charge on any atom is 0.504 e. The molecule has 1 unspecified atom stereocenters. The van der Waals surface area contributed by atoms with E-state index in [1.54, 1.807) is 6.08 Å². The lowest BCUT2D eigenvalue weighted by Crippen LogP contribution is -2.50. The van der Waals surface area contributed by atoms with Crippen LogP contribution in [0.5, 0.6) is 5.75 Å². The van der Waals surface area contributed by atoms with Gasteiger partial charge in [0.05, 0.1) is 13.7 Å². The van der Waals surface area contributed by atoms with Gasteiger partial charge in [0.25, 0.3) is 0 Å². The molecule has 0 spiro atoms. The van der Waals surface area contributed by atoms with Crippen molar-refractivity contribution in [1.29, 1.82) is 0 Å². The van der Waals surface area contributed by atoms with Gasteiger partial charge in [-0.25, -0.2) is 4.79 Å². The largest absolute Gasteiger partial charge is 0.504 e. The first kappa shape index (κ1) is 25.4. The van der Waals surface area contributed by atoms with Crippen molar-refractivity contribution < 1.29 is 27.5 Å². The van der Waals surface area contributed by atoms with Crippen molar-refractivity contribution in [2.24, 2.45) is 0 Å². The zero-order chi connectivity index (χ0) is 21.5. The molecule has 0 amide bonds. The average Bonchev–Trinajstić information content (AvgIpc) is 2.72. The van der Waals surface area contributed by atoms with Crippen molar-refractivity contribution in [1.82, 2.24) is 0 Å². The summed E-state index contributed by atoms with van der Waals surface area (Å²) in [5.41, 5.74) is 1.11. The molecule has 0 aromatic heterocycles. The smallest absolute Gasteiger partial charge is 0.494 e. The highest BCUT2D eigenvalue weighted by molar-refractivity contribution is 6.62. The van der Waals surface area contributed by atoms with E-state index in [0.717, 1.165) is 30.6 Å². The predicted octanol–water partition coefficient (Wildman–Crippen LogP) is 4.86. The Morgan fingerprint density at radius 3 is 2.03 bits per heavy atom. The van der Waals surface area contributed by atoms with Gasteiger partial charge >= 0.3 is 14.8 Å². The van der Waals surface area contributed by atoms with E-state index in [4.69, 9.17) is 18.0 Å². The molecule has 0 N–H and O–H groups in total. The quantitative estimate of drug-likeness (QED) is 0.228. The van der Waals surface area contributed by atoms with E-state index in [9.17, 15) is 4.79 Å². The SMILES string of the molecule is CCCC(CCOc1ccc(/C=C/C(=O)OC)cc1)[Si](OCC)(OCC)OCC. The van der Waals surface area contributed by atoms with E-state index in [2.05, 4.69) is 11.7 Å². The van der Waals surface area contributed by atoms with E-state index in [1.165, 1.54) is 13.2 Å². The molecule has 1 rings (SSSR count). The molecule has 0 fully saturated rings. The van der Waals surface area contributed by atoms with Gasteiger partial charge in [-0.15, -0.1) is 0 Å². The van der Waals surface area contributed by atoms with Crippen LogP contribution in [0.25, 0.3) is 6.08 Å². The second-order valence-electron chi connectivity index (χ2n) is 6.45. The number of methoxy groups -OCH3 is 1. The second-order valence-corrected chi connectivity index (χ2v) is 9.34. The van der Waals surface area contributed by atoms with Crippen LogP contribution in [-0.4, -0.2) is 48.3 Å². The van der Waals surface area contributed by atoms with Crippen LogP contribution in [-0.2, 0) is 22.8 Å². The minimum absolute atomic E-state index is 0.203. The van der Waals surface area contributed by atoms with E-state index in [0.29, 0.717) is 26.4 Å². The van der Waals surface area contributed by atoms with E-state index in [-0.39, 0.29) is 11.5 Å². The van der Waals surface area contributed by atoms with Gasteiger partial charge < -0.3 is 22.8 Å². The van der Waals surface area contributed by atoms with Gasteiger partial charge in [-0.05, 0) is 57.4 Å². The number of rotatable bonds is 15. The molecule has 1 atom stereocenters. The van der Waals surface area contributed by atoms with Crippen molar-refractivity contribution in [3.8, 4) is 5.75 Å². The first-order valence-corrected chi connectivity index (χ1v) is 12.3. The molecular formula is C22H36O6Si. The molecular weight excluding hydrogens is 388 g/mol. The molecule has 29 heavy (non-hydrogen) atoms. The van der Waals surface area contributed by atoms with Crippen LogP contribution in [0.3, 0.4) is 0 Å². The van der Waals surface area contributed by atoms with E-state index >= 15 is 0 Å². The lowest BCUT2D eigenvalue weighted by molar-refractivity contribution is -0.134. The number of hydrogen-bond donors (Lipinski definition) is 0. The van der Waals surface area contributed by atoms with Crippen molar-refractivity contribution >= 4 is 20.8 Å². The van der Waals surface area contributed by atoms with Gasteiger partial charge in [0.2, 0.25) is 0 Å². The van der Waals surface area contributed by atoms with Crippen LogP contribution in [0.1, 0.15) is 52.5 Å². The monoisotopic (exact) mass is 424 g/mol. The van der Waals surface area contributed by atoms with Crippen LogP contribution >= 0.6 is 0 Å². The Bertz CT molecular complexity index is 585. The molecule has 164 valence electrons. The average molecular weight is 425 g/mol. The summed E-state index contributed by atoms with van der Waals surface area (Å²) in [6, 6.07) is 7.59. The van der Waals surface area contributed by atoms with Gasteiger partial charge in [0.1, 0.15) is 5.75 Å². The Hall–Kier alpha value is -1.67. The minimum Gasteiger partial charge on any atom is -0.494 e. The highest BCUT2D eigenvalue weighted by Gasteiger charge is 2.48. The van der Waals surface area contributed by atoms with Crippen molar-refractivity contribution in [2.75, 3.05) is 33.5 Å². The minimum atomic E-state index is -2.75. The molecule has 0 aliphatic rings. The predicted molar refractivity (Wildman–Crippen MR) is 117 cm³/mol. The summed E-state index contributed by atoms with van der Waals surface area (Å²) < 4.78 is 28.8. The Labute approximate surface area is 176 Å². The lowest BCUT2D eigenvalue weighted by Gasteiger charge is -2.35. The molecule has 0 radical (unpaired) electrons. The third kappa shape index (κ3) is 8.70. The molecule has 0 aliphatic carbocycles. The fourth-order valence-electron chi connectivity index (χ4n) is 3.15. The fourth-order valence-corrected chi connectivity index (χ4v) is 6.43. The molecule has 0 saturated carbocycles. The molecule has 1 aromatic rings. The zero-order valence-electron chi connectivity index (χ0n) is 18.4. The Kier molecular flexibility index (Phi) is 12.5. The Morgan fingerprint density at radius 2 is 1.55 bits per heavy atom. The third-order valence-electron chi connectivity index (χ3n) is 4.40. The number of esters is 1. The van der Waals surface area contributed by atoms with Gasteiger partial charge in [-0.3, -0.25) is 0 Å². The van der Waals surface area contributed by atoms with Crippen molar-refractivity contribution in [3.05, 3.63) is 35.9 Å². The number of benzene rings is 1. The highest BCUT2D eigenvalue weighted by Crippen LogP contribution is 2.33. The first-order valence-electron chi connectivity index (χ1n) is 10.5. The summed E-state index contributed by atoms with van der Waals surface area (Å²) in [6.07, 6.45) is 5.93. The molecule has 0 saturated heterocycles. The van der Waals surface area contributed by atoms with Crippen LogP contribution in [0.15, 0.2) is 30.3 Å². The summed E-state index contributed by atoms with van der Waals surface area (Å²) in [5.74, 6) is 0.407. The number of hydrogen-bond acceptors (Lipinski definition) is 6. The van der Waals surface area contributed by atoms with Gasteiger partial charge in [0, 0.05) is 31.4 Å². The van der Waals surface area contributed by atoms with Crippen LogP contribution in [0.4, 0.5) is 0 Å². The normalized spacial score (nSPS) is 12.9. The molecule has 0 heterocycles. The standard InChI is InChI=1S/C22H36O6Si/c1-6-10-21(29(26-7-2,27-8-3)28-9-4)17-18-25-20-14-11-19(12-15-20)13-16-22(23)24-5/h11-16,21H,6-10,17-18H2,1-5H3/b16-13+. The summed E-state index contributed by atoms with van der Waals surface area (Å²) in [6.45, 7) is 10.4. The van der Waals surface area contributed by atoms with E-state index in [1.807, 2.05) is 45.0 Å². The first-order chi connectivity index (χ1) is 14.0. The van der Waals surface area contributed by atoms with E-state index < -0.39 is 8.80 Å². The summed E-state index contributed by atoms with van der Waals surface area (Å²) >= 11 is 0. The van der Waals surface area contributed by atoms with Gasteiger partial charge in [0.15, 0.2) is 0 Å². The van der Waals surface area contributed by atoms with Gasteiger partial charge in [-0.1, -0.05) is 25.5 Å². The van der Waals surface area contributed by atoms with Crippen LogP contribution in [0.2, 0.25) is 5.54 Å². The fraction of sp³-hybridized carbons (Fsp3) is 0.591.